The van der Waals surface area contributed by atoms with Gasteiger partial charge in [0.05, 0.1) is 13.2 Å². The van der Waals surface area contributed by atoms with E-state index in [1.807, 2.05) is 0 Å². The molecule has 1 rings (SSSR count). The number of hydrogen-bond donors (Lipinski definition) is 1. The van der Waals surface area contributed by atoms with Crippen molar-refractivity contribution in [3.63, 3.8) is 0 Å². The molecule has 1 N–H and O–H groups in total. The molecule has 1 aromatic rings. The Hall–Kier alpha value is -2.02. The van der Waals surface area contributed by atoms with Crippen molar-refractivity contribution in [2.75, 3.05) is 33.9 Å². The van der Waals surface area contributed by atoms with Crippen LogP contribution < -0.4 is 5.32 Å². The summed E-state index contributed by atoms with van der Waals surface area (Å²) in [5.41, 5.74) is -0.0350. The number of nitrogens with one attached hydrogen (secondary N) is 1. The van der Waals surface area contributed by atoms with Gasteiger partial charge in [-0.1, -0.05) is 6.07 Å². The van der Waals surface area contributed by atoms with Gasteiger partial charge in [-0.3, -0.25) is 9.59 Å². The van der Waals surface area contributed by atoms with Crippen molar-refractivity contribution in [1.29, 1.82) is 0 Å². The van der Waals surface area contributed by atoms with Crippen molar-refractivity contribution in [1.82, 2.24) is 15.2 Å². The zero-order valence-electron chi connectivity index (χ0n) is 10.9. The maximum absolute atomic E-state index is 12.9. The van der Waals surface area contributed by atoms with Gasteiger partial charge in [0.2, 0.25) is 11.9 Å². The smallest absolute Gasteiger partial charge is 0.272 e. The highest BCUT2D eigenvalue weighted by Crippen LogP contribution is 2.01. The summed E-state index contributed by atoms with van der Waals surface area (Å²) in [7, 11) is 2.97. The average molecular weight is 269 g/mol. The topological polar surface area (TPSA) is 71.5 Å². The normalized spacial score (nSPS) is 10.1. The molecule has 0 aliphatic rings. The zero-order chi connectivity index (χ0) is 14.3. The van der Waals surface area contributed by atoms with Crippen LogP contribution in [0.1, 0.15) is 10.5 Å². The molecule has 7 heteroatoms. The Labute approximate surface area is 110 Å². The number of rotatable bonds is 6. The molecule has 0 aromatic carbocycles. The van der Waals surface area contributed by atoms with E-state index in [1.54, 1.807) is 0 Å². The molecule has 0 saturated heterocycles. The number of pyridine rings is 1. The number of carbonyl (C=O) groups is 2. The van der Waals surface area contributed by atoms with E-state index in [2.05, 4.69) is 10.3 Å². The Kier molecular flexibility index (Phi) is 5.87. The van der Waals surface area contributed by atoms with Gasteiger partial charge in [-0.2, -0.15) is 4.39 Å². The third-order valence-electron chi connectivity index (χ3n) is 2.29. The largest absolute Gasteiger partial charge is 0.383 e. The molecule has 0 aliphatic heterocycles. The number of hydrogen-bond acceptors (Lipinski definition) is 4. The van der Waals surface area contributed by atoms with Crippen molar-refractivity contribution in [3.05, 3.63) is 29.8 Å². The molecule has 19 heavy (non-hydrogen) atoms. The molecular formula is C12H16FN3O3. The lowest BCUT2D eigenvalue weighted by Gasteiger charge is -2.16. The van der Waals surface area contributed by atoms with Crippen LogP contribution in [0.3, 0.4) is 0 Å². The van der Waals surface area contributed by atoms with Gasteiger partial charge in [-0.15, -0.1) is 0 Å². The molecular weight excluding hydrogens is 253 g/mol. The van der Waals surface area contributed by atoms with Crippen LogP contribution in [-0.4, -0.2) is 55.6 Å². The lowest BCUT2D eigenvalue weighted by molar-refractivity contribution is -0.121. The Morgan fingerprint density at radius 1 is 1.47 bits per heavy atom. The lowest BCUT2D eigenvalue weighted by atomic mass is 10.3. The van der Waals surface area contributed by atoms with Crippen molar-refractivity contribution in [3.8, 4) is 0 Å². The maximum Gasteiger partial charge on any atom is 0.272 e. The van der Waals surface area contributed by atoms with E-state index in [4.69, 9.17) is 4.74 Å². The van der Waals surface area contributed by atoms with E-state index in [1.165, 1.54) is 31.2 Å². The summed E-state index contributed by atoms with van der Waals surface area (Å²) in [6, 6.07) is 3.93. The number of amides is 2. The SMILES string of the molecule is COCCNC(=O)CN(C)C(=O)c1cccc(F)n1. The third kappa shape index (κ3) is 5.01. The highest BCUT2D eigenvalue weighted by molar-refractivity contribution is 5.94. The molecule has 0 atom stereocenters. The molecule has 1 aromatic heterocycles. The number of nitrogens with zero attached hydrogens (tertiary/aromatic N) is 2. The van der Waals surface area contributed by atoms with Gasteiger partial charge in [-0.05, 0) is 12.1 Å². The van der Waals surface area contributed by atoms with E-state index >= 15 is 0 Å². The van der Waals surface area contributed by atoms with Crippen LogP contribution in [0.25, 0.3) is 0 Å². The third-order valence-corrected chi connectivity index (χ3v) is 2.29. The van der Waals surface area contributed by atoms with Gasteiger partial charge in [0, 0.05) is 20.7 Å². The number of methoxy groups -OCH3 is 1. The number of halogens is 1. The molecule has 0 fully saturated rings. The van der Waals surface area contributed by atoms with Crippen molar-refractivity contribution in [2.45, 2.75) is 0 Å². The van der Waals surface area contributed by atoms with Crippen LogP contribution in [0.5, 0.6) is 0 Å². The molecule has 104 valence electrons. The van der Waals surface area contributed by atoms with Gasteiger partial charge < -0.3 is 15.0 Å². The average Bonchev–Trinajstić information content (AvgIpc) is 2.38. The van der Waals surface area contributed by atoms with E-state index in [-0.39, 0.29) is 18.1 Å². The van der Waals surface area contributed by atoms with Gasteiger partial charge in [-0.25, -0.2) is 4.98 Å². The van der Waals surface area contributed by atoms with Crippen LogP contribution in [0.15, 0.2) is 18.2 Å². The second kappa shape index (κ2) is 7.42. The van der Waals surface area contributed by atoms with E-state index in [0.717, 1.165) is 6.07 Å². The summed E-state index contributed by atoms with van der Waals surface area (Å²) in [5.74, 6) is -1.56. The molecule has 0 bridgehead atoms. The first-order valence-corrected chi connectivity index (χ1v) is 5.68. The Bertz CT molecular complexity index is 454. The van der Waals surface area contributed by atoms with Gasteiger partial charge in [0.15, 0.2) is 0 Å². The molecule has 0 spiro atoms. The van der Waals surface area contributed by atoms with Crippen molar-refractivity contribution in [2.24, 2.45) is 0 Å². The van der Waals surface area contributed by atoms with Crippen molar-refractivity contribution < 1.29 is 18.7 Å². The number of carbonyl (C=O) groups excluding carboxylic acids is 2. The quantitative estimate of drug-likeness (QED) is 0.585. The fraction of sp³-hybridized carbons (Fsp3) is 0.417. The standard InChI is InChI=1S/C12H16FN3O3/c1-16(8-11(17)14-6-7-19-2)12(18)9-4-3-5-10(13)15-9/h3-5H,6-8H2,1-2H3,(H,14,17). The molecule has 0 saturated carbocycles. The first-order chi connectivity index (χ1) is 9.04. The number of likely N-dealkylation sites (N-methyl/N-ethyl adjacent to an activating group) is 1. The van der Waals surface area contributed by atoms with E-state index < -0.39 is 11.9 Å². The fourth-order valence-corrected chi connectivity index (χ4v) is 1.36. The van der Waals surface area contributed by atoms with E-state index in [0.29, 0.717) is 13.2 Å². The van der Waals surface area contributed by atoms with Crippen LogP contribution in [0.4, 0.5) is 4.39 Å². The molecule has 0 radical (unpaired) electrons. The highest BCUT2D eigenvalue weighted by atomic mass is 19.1. The highest BCUT2D eigenvalue weighted by Gasteiger charge is 2.16. The summed E-state index contributed by atoms with van der Waals surface area (Å²) in [6.45, 7) is 0.644. The second-order valence-electron chi connectivity index (χ2n) is 3.85. The monoisotopic (exact) mass is 269 g/mol. The van der Waals surface area contributed by atoms with E-state index in [9.17, 15) is 14.0 Å². The van der Waals surface area contributed by atoms with Crippen molar-refractivity contribution >= 4 is 11.8 Å². The summed E-state index contributed by atoms with van der Waals surface area (Å²) >= 11 is 0. The molecule has 6 nitrogen and oxygen atoms in total. The van der Waals surface area contributed by atoms with Gasteiger partial charge in [0.1, 0.15) is 5.69 Å². The Morgan fingerprint density at radius 2 is 2.21 bits per heavy atom. The molecule has 0 unspecified atom stereocenters. The minimum absolute atomic E-state index is 0.0350. The summed E-state index contributed by atoms with van der Waals surface area (Å²) < 4.78 is 17.7. The fourth-order valence-electron chi connectivity index (χ4n) is 1.36. The maximum atomic E-state index is 12.9. The van der Waals surface area contributed by atoms with Crippen LogP contribution in [0, 0.1) is 5.95 Å². The summed E-state index contributed by atoms with van der Waals surface area (Å²) in [4.78, 5) is 28.0. The second-order valence-corrected chi connectivity index (χ2v) is 3.85. The van der Waals surface area contributed by atoms with Crippen LogP contribution in [0.2, 0.25) is 0 Å². The number of aromatic nitrogens is 1. The molecule has 1 heterocycles. The Morgan fingerprint density at radius 3 is 2.84 bits per heavy atom. The first-order valence-electron chi connectivity index (χ1n) is 5.68. The van der Waals surface area contributed by atoms with Gasteiger partial charge >= 0.3 is 0 Å². The predicted octanol–water partition coefficient (Wildman–Crippen LogP) is 0.0553. The predicted molar refractivity (Wildman–Crippen MR) is 66.0 cm³/mol. The first kappa shape index (κ1) is 15.0. The van der Waals surface area contributed by atoms with Gasteiger partial charge in [0.25, 0.3) is 5.91 Å². The number of ether oxygens (including phenoxy) is 1. The lowest BCUT2D eigenvalue weighted by Crippen LogP contribution is -2.39. The molecule has 0 aliphatic carbocycles. The summed E-state index contributed by atoms with van der Waals surface area (Å²) in [5, 5.41) is 2.58. The van der Waals surface area contributed by atoms with Crippen LogP contribution in [-0.2, 0) is 9.53 Å². The minimum Gasteiger partial charge on any atom is -0.383 e. The molecule has 2 amide bonds. The Balaban J connectivity index is 2.51. The van der Waals surface area contributed by atoms with Crippen LogP contribution >= 0.6 is 0 Å². The minimum atomic E-state index is -0.733. The zero-order valence-corrected chi connectivity index (χ0v) is 10.9. The summed E-state index contributed by atoms with van der Waals surface area (Å²) in [6.07, 6.45) is 0.